The lowest BCUT2D eigenvalue weighted by atomic mass is 10.1. The Hall–Kier alpha value is -3.88. The summed E-state index contributed by atoms with van der Waals surface area (Å²) in [6, 6.07) is 9.19. The predicted molar refractivity (Wildman–Crippen MR) is 116 cm³/mol. The summed E-state index contributed by atoms with van der Waals surface area (Å²) in [5, 5.41) is 2.96. The Morgan fingerprint density at radius 3 is 2.78 bits per heavy atom. The fraction of sp³-hybridized carbons (Fsp3) is 0.304. The Morgan fingerprint density at radius 1 is 1.12 bits per heavy atom. The van der Waals surface area contributed by atoms with Crippen LogP contribution in [-0.4, -0.2) is 46.1 Å². The van der Waals surface area contributed by atoms with E-state index < -0.39 is 5.92 Å². The molecule has 1 N–H and O–H groups in total. The van der Waals surface area contributed by atoms with Crippen molar-refractivity contribution in [2.45, 2.75) is 19.9 Å². The third kappa shape index (κ3) is 3.89. The molecule has 0 bridgehead atoms. The van der Waals surface area contributed by atoms with Gasteiger partial charge in [0.1, 0.15) is 24.9 Å². The van der Waals surface area contributed by atoms with Crippen LogP contribution in [0.15, 0.2) is 48.9 Å². The molecule has 2 amide bonds. The van der Waals surface area contributed by atoms with E-state index in [1.54, 1.807) is 29.4 Å². The molecule has 4 heterocycles. The van der Waals surface area contributed by atoms with Gasteiger partial charge in [-0.1, -0.05) is 0 Å². The quantitative estimate of drug-likeness (QED) is 0.661. The zero-order valence-corrected chi connectivity index (χ0v) is 17.7. The van der Waals surface area contributed by atoms with E-state index in [4.69, 9.17) is 9.47 Å². The van der Waals surface area contributed by atoms with Gasteiger partial charge in [-0.15, -0.1) is 0 Å². The van der Waals surface area contributed by atoms with Crippen molar-refractivity contribution in [2.75, 3.05) is 24.7 Å². The molecule has 5 rings (SSSR count). The van der Waals surface area contributed by atoms with Crippen molar-refractivity contribution in [1.29, 1.82) is 0 Å². The molecule has 2 aromatic heterocycles. The number of ether oxygens (including phenoxy) is 2. The van der Waals surface area contributed by atoms with Crippen LogP contribution in [0.1, 0.15) is 17.8 Å². The van der Waals surface area contributed by atoms with E-state index in [9.17, 15) is 9.59 Å². The third-order valence-corrected chi connectivity index (χ3v) is 5.68. The second-order valence-electron chi connectivity index (χ2n) is 7.82. The number of amides is 2. The SMILES string of the molecule is Cc1nccn1-c1cc(CNC(=O)C2CC(=O)N(c3ccc4c(c3)OCCO4)C2)ccn1. The standard InChI is InChI=1S/C23H23N5O4/c1-15-24-6-7-27(15)21-10-16(4-5-25-21)13-26-23(30)17-11-22(29)28(14-17)18-2-3-19-20(12-18)32-9-8-31-19/h2-7,10,12,17H,8-9,11,13-14H2,1H3,(H,26,30). The van der Waals surface area contributed by atoms with Gasteiger partial charge in [0.05, 0.1) is 5.92 Å². The maximum atomic E-state index is 12.8. The van der Waals surface area contributed by atoms with Crippen molar-refractivity contribution in [3.8, 4) is 17.3 Å². The van der Waals surface area contributed by atoms with E-state index in [0.717, 1.165) is 17.2 Å². The first-order valence-electron chi connectivity index (χ1n) is 10.5. The number of carbonyl (C=O) groups excluding carboxylic acids is 2. The van der Waals surface area contributed by atoms with Crippen LogP contribution in [0.2, 0.25) is 0 Å². The molecule has 1 saturated heterocycles. The lowest BCUT2D eigenvalue weighted by molar-refractivity contribution is -0.126. The molecule has 1 fully saturated rings. The van der Waals surface area contributed by atoms with Crippen LogP contribution in [0.4, 0.5) is 5.69 Å². The fourth-order valence-corrected chi connectivity index (χ4v) is 3.99. The Bertz CT molecular complexity index is 1170. The summed E-state index contributed by atoms with van der Waals surface area (Å²) >= 11 is 0. The Morgan fingerprint density at radius 2 is 1.97 bits per heavy atom. The molecule has 9 nitrogen and oxygen atoms in total. The van der Waals surface area contributed by atoms with Gasteiger partial charge in [0.2, 0.25) is 11.8 Å². The highest BCUT2D eigenvalue weighted by molar-refractivity contribution is 6.00. The van der Waals surface area contributed by atoms with Crippen LogP contribution in [-0.2, 0) is 16.1 Å². The van der Waals surface area contributed by atoms with Crippen LogP contribution in [0.5, 0.6) is 11.5 Å². The Balaban J connectivity index is 1.23. The van der Waals surface area contributed by atoms with Gasteiger partial charge in [0.15, 0.2) is 11.5 Å². The van der Waals surface area contributed by atoms with Crippen molar-refractivity contribution in [3.05, 3.63) is 60.3 Å². The summed E-state index contributed by atoms with van der Waals surface area (Å²) in [7, 11) is 0. The van der Waals surface area contributed by atoms with Gasteiger partial charge in [-0.2, -0.15) is 0 Å². The largest absolute Gasteiger partial charge is 0.486 e. The van der Waals surface area contributed by atoms with Gasteiger partial charge < -0.3 is 19.7 Å². The normalized spacial score (nSPS) is 17.5. The van der Waals surface area contributed by atoms with Gasteiger partial charge in [0.25, 0.3) is 0 Å². The number of benzene rings is 1. The molecule has 2 aliphatic rings. The highest BCUT2D eigenvalue weighted by atomic mass is 16.6. The molecule has 0 aliphatic carbocycles. The molecule has 1 atom stereocenters. The highest BCUT2D eigenvalue weighted by Gasteiger charge is 2.35. The van der Waals surface area contributed by atoms with Gasteiger partial charge in [-0.05, 0) is 36.8 Å². The molecule has 32 heavy (non-hydrogen) atoms. The number of pyridine rings is 1. The summed E-state index contributed by atoms with van der Waals surface area (Å²) in [5.41, 5.74) is 1.63. The second-order valence-corrected chi connectivity index (χ2v) is 7.82. The molecule has 1 unspecified atom stereocenters. The molecule has 9 heteroatoms. The first-order valence-corrected chi connectivity index (χ1v) is 10.5. The topological polar surface area (TPSA) is 98.6 Å². The van der Waals surface area contributed by atoms with E-state index in [1.165, 1.54) is 0 Å². The minimum Gasteiger partial charge on any atom is -0.486 e. The monoisotopic (exact) mass is 433 g/mol. The molecular weight excluding hydrogens is 410 g/mol. The minimum atomic E-state index is -0.409. The van der Waals surface area contributed by atoms with Crippen molar-refractivity contribution in [2.24, 2.45) is 5.92 Å². The number of anilines is 1. The van der Waals surface area contributed by atoms with Gasteiger partial charge >= 0.3 is 0 Å². The van der Waals surface area contributed by atoms with Crippen molar-refractivity contribution >= 4 is 17.5 Å². The molecule has 1 aromatic carbocycles. The molecule has 2 aliphatic heterocycles. The molecule has 164 valence electrons. The van der Waals surface area contributed by atoms with E-state index in [-0.39, 0.29) is 18.2 Å². The van der Waals surface area contributed by atoms with Crippen LogP contribution in [0.3, 0.4) is 0 Å². The Kier molecular flexibility index (Phi) is 5.22. The van der Waals surface area contributed by atoms with Crippen LogP contribution < -0.4 is 19.7 Å². The molecular formula is C23H23N5O4. The van der Waals surface area contributed by atoms with Crippen LogP contribution in [0.25, 0.3) is 5.82 Å². The van der Waals surface area contributed by atoms with E-state index in [2.05, 4.69) is 15.3 Å². The summed E-state index contributed by atoms with van der Waals surface area (Å²) < 4.78 is 13.0. The summed E-state index contributed by atoms with van der Waals surface area (Å²) in [4.78, 5) is 35.6. The fourth-order valence-electron chi connectivity index (χ4n) is 3.99. The number of carbonyl (C=O) groups is 2. The summed E-state index contributed by atoms with van der Waals surface area (Å²) in [6.45, 7) is 3.59. The summed E-state index contributed by atoms with van der Waals surface area (Å²) in [6.07, 6.45) is 5.45. The van der Waals surface area contributed by atoms with Crippen molar-refractivity contribution < 1.29 is 19.1 Å². The average molecular weight is 433 g/mol. The van der Waals surface area contributed by atoms with Gasteiger partial charge in [-0.3, -0.25) is 14.2 Å². The number of fused-ring (bicyclic) bond motifs is 1. The van der Waals surface area contributed by atoms with Crippen molar-refractivity contribution in [3.63, 3.8) is 0 Å². The summed E-state index contributed by atoms with van der Waals surface area (Å²) in [5.74, 6) is 2.24. The van der Waals surface area contributed by atoms with E-state index in [1.807, 2.05) is 35.9 Å². The van der Waals surface area contributed by atoms with Crippen LogP contribution >= 0.6 is 0 Å². The predicted octanol–water partition coefficient (Wildman–Crippen LogP) is 2.02. The number of nitrogens with zero attached hydrogens (tertiary/aromatic N) is 4. The van der Waals surface area contributed by atoms with Gasteiger partial charge in [0, 0.05) is 49.9 Å². The lowest BCUT2D eigenvalue weighted by Gasteiger charge is -2.22. The van der Waals surface area contributed by atoms with Gasteiger partial charge in [-0.25, -0.2) is 9.97 Å². The number of aryl methyl sites for hydroxylation is 1. The Labute approximate surface area is 185 Å². The number of rotatable bonds is 5. The average Bonchev–Trinajstić information content (AvgIpc) is 3.43. The number of hydrogen-bond acceptors (Lipinski definition) is 6. The zero-order valence-electron chi connectivity index (χ0n) is 17.7. The number of imidazole rings is 1. The molecule has 0 saturated carbocycles. The van der Waals surface area contributed by atoms with E-state index in [0.29, 0.717) is 43.5 Å². The zero-order chi connectivity index (χ0) is 22.1. The maximum Gasteiger partial charge on any atom is 0.227 e. The molecule has 0 radical (unpaired) electrons. The van der Waals surface area contributed by atoms with E-state index >= 15 is 0 Å². The number of hydrogen-bond donors (Lipinski definition) is 1. The smallest absolute Gasteiger partial charge is 0.227 e. The molecule has 0 spiro atoms. The molecule has 3 aromatic rings. The van der Waals surface area contributed by atoms with Crippen LogP contribution in [0, 0.1) is 12.8 Å². The first-order chi connectivity index (χ1) is 15.6. The first kappa shape index (κ1) is 20.0. The van der Waals surface area contributed by atoms with Crippen molar-refractivity contribution in [1.82, 2.24) is 19.9 Å². The second kappa shape index (κ2) is 8.33. The minimum absolute atomic E-state index is 0.0800. The maximum absolute atomic E-state index is 12.8. The third-order valence-electron chi connectivity index (χ3n) is 5.68. The highest BCUT2D eigenvalue weighted by Crippen LogP contribution is 2.36. The lowest BCUT2D eigenvalue weighted by Crippen LogP contribution is -2.32. The number of aromatic nitrogens is 3. The number of nitrogens with one attached hydrogen (secondary N) is 1.